The van der Waals surface area contributed by atoms with E-state index in [0.717, 1.165) is 6.42 Å². The number of ketones is 1. The fourth-order valence-electron chi connectivity index (χ4n) is 1.87. The molecule has 0 aliphatic heterocycles. The van der Waals surface area contributed by atoms with Crippen LogP contribution in [0.4, 0.5) is 0 Å². The zero-order valence-electron chi connectivity index (χ0n) is 12.5. The lowest BCUT2D eigenvalue weighted by atomic mass is 10.1. The van der Waals surface area contributed by atoms with Gasteiger partial charge >= 0.3 is 0 Å². The van der Waals surface area contributed by atoms with E-state index in [1.54, 1.807) is 18.3 Å². The molecule has 1 unspecified atom stereocenters. The predicted octanol–water partition coefficient (Wildman–Crippen LogP) is 2.09. The highest BCUT2D eigenvalue weighted by molar-refractivity contribution is 6.13. The standard InChI is InChI=1S/C15H20N4O2/c1-4-10(2)21-15-13-11(12(20)6-5-7-16-3)8-17-14(13)18-9-19-15/h5-6,8-10,16H,4,7H2,1-3H3,(H,17,18,19)/b6-5+. The van der Waals surface area contributed by atoms with E-state index in [0.29, 0.717) is 29.0 Å². The molecule has 1 atom stereocenters. The Morgan fingerprint density at radius 1 is 1.52 bits per heavy atom. The number of likely N-dealkylation sites (N-methyl/N-ethyl adjacent to an activating group) is 1. The first kappa shape index (κ1) is 15.2. The molecule has 112 valence electrons. The van der Waals surface area contributed by atoms with Crippen LogP contribution in [-0.2, 0) is 0 Å². The number of nitrogens with one attached hydrogen (secondary N) is 2. The van der Waals surface area contributed by atoms with Gasteiger partial charge in [0.05, 0.1) is 17.1 Å². The van der Waals surface area contributed by atoms with E-state index in [4.69, 9.17) is 4.74 Å². The van der Waals surface area contributed by atoms with E-state index in [1.807, 2.05) is 20.9 Å². The van der Waals surface area contributed by atoms with Crippen LogP contribution in [0.2, 0.25) is 0 Å². The lowest BCUT2D eigenvalue weighted by Crippen LogP contribution is -2.11. The highest BCUT2D eigenvalue weighted by atomic mass is 16.5. The minimum absolute atomic E-state index is 0.0285. The van der Waals surface area contributed by atoms with Gasteiger partial charge in [0.2, 0.25) is 5.88 Å². The van der Waals surface area contributed by atoms with Crippen molar-refractivity contribution in [3.05, 3.63) is 30.2 Å². The predicted molar refractivity (Wildman–Crippen MR) is 81.7 cm³/mol. The number of carbonyl (C=O) groups is 1. The normalized spacial score (nSPS) is 12.9. The molecule has 0 saturated heterocycles. The number of fused-ring (bicyclic) bond motifs is 1. The van der Waals surface area contributed by atoms with Gasteiger partial charge in [-0.3, -0.25) is 4.79 Å². The molecule has 2 aromatic rings. The molecule has 0 fully saturated rings. The smallest absolute Gasteiger partial charge is 0.227 e. The second-order valence-corrected chi connectivity index (χ2v) is 4.77. The Morgan fingerprint density at radius 2 is 2.33 bits per heavy atom. The fraction of sp³-hybridized carbons (Fsp3) is 0.400. The Kier molecular flexibility index (Phi) is 5.05. The quantitative estimate of drug-likeness (QED) is 0.602. The molecule has 0 radical (unpaired) electrons. The summed E-state index contributed by atoms with van der Waals surface area (Å²) in [4.78, 5) is 23.5. The van der Waals surface area contributed by atoms with E-state index >= 15 is 0 Å². The summed E-state index contributed by atoms with van der Waals surface area (Å²) < 4.78 is 5.79. The number of nitrogens with zero attached hydrogens (tertiary/aromatic N) is 2. The molecule has 6 nitrogen and oxygen atoms in total. The van der Waals surface area contributed by atoms with E-state index in [9.17, 15) is 4.79 Å². The van der Waals surface area contributed by atoms with Crippen LogP contribution in [0.1, 0.15) is 30.6 Å². The molecule has 0 bridgehead atoms. The second kappa shape index (κ2) is 6.99. The van der Waals surface area contributed by atoms with Crippen LogP contribution in [-0.4, -0.2) is 40.4 Å². The number of H-pyrrole nitrogens is 1. The van der Waals surface area contributed by atoms with Crippen molar-refractivity contribution in [1.29, 1.82) is 0 Å². The van der Waals surface area contributed by atoms with Gasteiger partial charge in [0.25, 0.3) is 0 Å². The minimum atomic E-state index is -0.0969. The third kappa shape index (κ3) is 3.46. The van der Waals surface area contributed by atoms with Gasteiger partial charge in [-0.2, -0.15) is 0 Å². The number of ether oxygens (including phenoxy) is 1. The van der Waals surface area contributed by atoms with Gasteiger partial charge in [0.15, 0.2) is 5.78 Å². The number of allylic oxidation sites excluding steroid dienone is 1. The van der Waals surface area contributed by atoms with Crippen molar-refractivity contribution in [2.75, 3.05) is 13.6 Å². The van der Waals surface area contributed by atoms with Crippen molar-refractivity contribution in [2.45, 2.75) is 26.4 Å². The number of carbonyl (C=O) groups excluding carboxylic acids is 1. The third-order valence-corrected chi connectivity index (χ3v) is 3.18. The summed E-state index contributed by atoms with van der Waals surface area (Å²) in [5, 5.41) is 3.59. The van der Waals surface area contributed by atoms with Crippen LogP contribution in [0.5, 0.6) is 5.88 Å². The van der Waals surface area contributed by atoms with Crippen molar-refractivity contribution in [1.82, 2.24) is 20.3 Å². The van der Waals surface area contributed by atoms with Gasteiger partial charge in [-0.1, -0.05) is 13.0 Å². The molecule has 0 aliphatic carbocycles. The van der Waals surface area contributed by atoms with Crippen LogP contribution < -0.4 is 10.1 Å². The average Bonchev–Trinajstić information content (AvgIpc) is 2.92. The van der Waals surface area contributed by atoms with Crippen molar-refractivity contribution in [2.24, 2.45) is 0 Å². The first-order valence-corrected chi connectivity index (χ1v) is 7.01. The summed E-state index contributed by atoms with van der Waals surface area (Å²) >= 11 is 0. The van der Waals surface area contributed by atoms with Crippen molar-refractivity contribution in [3.8, 4) is 5.88 Å². The lowest BCUT2D eigenvalue weighted by Gasteiger charge is -2.12. The summed E-state index contributed by atoms with van der Waals surface area (Å²) in [6.45, 7) is 4.64. The summed E-state index contributed by atoms with van der Waals surface area (Å²) in [5.41, 5.74) is 1.13. The maximum Gasteiger partial charge on any atom is 0.227 e. The Labute approximate surface area is 123 Å². The fourth-order valence-corrected chi connectivity index (χ4v) is 1.87. The van der Waals surface area contributed by atoms with Crippen LogP contribution >= 0.6 is 0 Å². The van der Waals surface area contributed by atoms with E-state index in [1.165, 1.54) is 6.33 Å². The van der Waals surface area contributed by atoms with Gasteiger partial charge in [0.1, 0.15) is 12.0 Å². The summed E-state index contributed by atoms with van der Waals surface area (Å²) in [5.74, 6) is 0.348. The van der Waals surface area contributed by atoms with Gasteiger partial charge in [0, 0.05) is 12.7 Å². The van der Waals surface area contributed by atoms with Gasteiger partial charge < -0.3 is 15.0 Å². The maximum absolute atomic E-state index is 12.3. The topological polar surface area (TPSA) is 79.9 Å². The first-order chi connectivity index (χ1) is 10.2. The van der Waals surface area contributed by atoms with Crippen LogP contribution in [0, 0.1) is 0 Å². The molecule has 2 N–H and O–H groups in total. The van der Waals surface area contributed by atoms with Crippen LogP contribution in [0.25, 0.3) is 11.0 Å². The summed E-state index contributed by atoms with van der Waals surface area (Å²) in [6, 6.07) is 0. The van der Waals surface area contributed by atoms with Crippen molar-refractivity contribution >= 4 is 16.8 Å². The van der Waals surface area contributed by atoms with Gasteiger partial charge in [-0.05, 0) is 26.5 Å². The molecule has 6 heteroatoms. The summed E-state index contributed by atoms with van der Waals surface area (Å²) in [7, 11) is 1.83. The van der Waals surface area contributed by atoms with Crippen LogP contribution in [0.3, 0.4) is 0 Å². The Morgan fingerprint density at radius 3 is 3.05 bits per heavy atom. The van der Waals surface area contributed by atoms with Crippen molar-refractivity contribution in [3.63, 3.8) is 0 Å². The Balaban J connectivity index is 2.38. The molecule has 21 heavy (non-hydrogen) atoms. The van der Waals surface area contributed by atoms with E-state index < -0.39 is 0 Å². The molecule has 2 aromatic heterocycles. The molecule has 0 aromatic carbocycles. The van der Waals surface area contributed by atoms with E-state index in [-0.39, 0.29) is 11.9 Å². The number of rotatable bonds is 7. The number of aromatic nitrogens is 3. The minimum Gasteiger partial charge on any atom is -0.474 e. The van der Waals surface area contributed by atoms with Gasteiger partial charge in [-0.25, -0.2) is 9.97 Å². The molecule has 2 rings (SSSR count). The average molecular weight is 288 g/mol. The second-order valence-electron chi connectivity index (χ2n) is 4.77. The SMILES string of the molecule is CCC(C)Oc1ncnc2[nH]cc(C(=O)/C=C/CNC)c12. The number of hydrogen-bond donors (Lipinski definition) is 2. The largest absolute Gasteiger partial charge is 0.474 e. The third-order valence-electron chi connectivity index (χ3n) is 3.18. The monoisotopic (exact) mass is 288 g/mol. The van der Waals surface area contributed by atoms with Gasteiger partial charge in [-0.15, -0.1) is 0 Å². The zero-order valence-corrected chi connectivity index (χ0v) is 12.5. The first-order valence-electron chi connectivity index (χ1n) is 7.01. The number of hydrogen-bond acceptors (Lipinski definition) is 5. The zero-order chi connectivity index (χ0) is 15.2. The highest BCUT2D eigenvalue weighted by Gasteiger charge is 2.17. The molecule has 0 aliphatic rings. The Bertz CT molecular complexity index is 648. The maximum atomic E-state index is 12.3. The number of aromatic amines is 1. The molecule has 0 amide bonds. The van der Waals surface area contributed by atoms with Crippen LogP contribution in [0.15, 0.2) is 24.7 Å². The molecule has 2 heterocycles. The lowest BCUT2D eigenvalue weighted by molar-refractivity contribution is 0.104. The highest BCUT2D eigenvalue weighted by Crippen LogP contribution is 2.26. The molecular weight excluding hydrogens is 268 g/mol. The summed E-state index contributed by atoms with van der Waals surface area (Å²) in [6.07, 6.45) is 7.29. The molecular formula is C15H20N4O2. The molecule has 0 saturated carbocycles. The van der Waals surface area contributed by atoms with Crippen molar-refractivity contribution < 1.29 is 9.53 Å². The van der Waals surface area contributed by atoms with E-state index in [2.05, 4.69) is 20.3 Å². The Hall–Kier alpha value is -2.21. The molecule has 0 spiro atoms.